The number of aryl methyl sites for hydroxylation is 1. The molecule has 0 aliphatic heterocycles. The number of nitrogens with one attached hydrogen (secondary N) is 2. The van der Waals surface area contributed by atoms with Crippen molar-refractivity contribution >= 4 is 23.4 Å². The van der Waals surface area contributed by atoms with E-state index in [4.69, 9.17) is 4.52 Å². The number of hydrogen-bond donors (Lipinski definition) is 2. The topological polar surface area (TPSA) is 92.9 Å². The van der Waals surface area contributed by atoms with Crippen LogP contribution in [-0.4, -0.2) is 21.3 Å². The van der Waals surface area contributed by atoms with Crippen LogP contribution in [0.5, 0.6) is 0 Å². The highest BCUT2D eigenvalue weighted by molar-refractivity contribution is 5.89. The van der Waals surface area contributed by atoms with E-state index in [1.807, 2.05) is 13.8 Å². The van der Waals surface area contributed by atoms with Crippen LogP contribution >= 0.6 is 0 Å². The molecule has 0 saturated carbocycles. The summed E-state index contributed by atoms with van der Waals surface area (Å²) in [4.78, 5) is 11.6. The number of rotatable bonds is 5. The summed E-state index contributed by atoms with van der Waals surface area (Å²) in [5.41, 5.74) is 0. The minimum atomic E-state index is -0.0675. The second kappa shape index (κ2) is 6.14. The molecule has 0 spiro atoms. The molecule has 0 bridgehead atoms. The molecule has 2 N–H and O–H groups in total. The number of amides is 1. The highest BCUT2D eigenvalue weighted by Crippen LogP contribution is 2.14. The Morgan fingerprint density at radius 1 is 1.25 bits per heavy atom. The van der Waals surface area contributed by atoms with E-state index in [0.717, 1.165) is 0 Å². The molecule has 0 aliphatic rings. The Morgan fingerprint density at radius 2 is 1.95 bits per heavy atom. The summed E-state index contributed by atoms with van der Waals surface area (Å²) in [6.07, 6.45) is 0.458. The van der Waals surface area contributed by atoms with Gasteiger partial charge in [-0.25, -0.2) is 0 Å². The lowest BCUT2D eigenvalue weighted by atomic mass is 10.1. The maximum atomic E-state index is 11.6. The molecule has 1 amide bonds. The van der Waals surface area contributed by atoms with Crippen molar-refractivity contribution in [3.63, 3.8) is 0 Å². The van der Waals surface area contributed by atoms with E-state index in [1.54, 1.807) is 25.1 Å². The van der Waals surface area contributed by atoms with Crippen LogP contribution in [0.25, 0.3) is 0 Å². The monoisotopic (exact) mass is 275 g/mol. The molecule has 0 fully saturated rings. The smallest absolute Gasteiger partial charge is 0.225 e. The van der Waals surface area contributed by atoms with Gasteiger partial charge in [-0.1, -0.05) is 19.0 Å². The predicted molar refractivity (Wildman–Crippen MR) is 74.6 cm³/mol. The second-order valence-electron chi connectivity index (χ2n) is 4.90. The number of anilines is 3. The van der Waals surface area contributed by atoms with Crippen molar-refractivity contribution in [3.05, 3.63) is 24.0 Å². The zero-order valence-electron chi connectivity index (χ0n) is 11.7. The van der Waals surface area contributed by atoms with Gasteiger partial charge in [0.15, 0.2) is 17.5 Å². The van der Waals surface area contributed by atoms with Gasteiger partial charge in [-0.15, -0.1) is 10.2 Å². The Kier molecular flexibility index (Phi) is 4.29. The molecule has 2 aromatic rings. The van der Waals surface area contributed by atoms with Gasteiger partial charge < -0.3 is 15.2 Å². The molecule has 7 nitrogen and oxygen atoms in total. The third-order valence-corrected chi connectivity index (χ3v) is 2.41. The molecule has 0 aliphatic carbocycles. The van der Waals surface area contributed by atoms with Crippen LogP contribution in [0.15, 0.2) is 22.7 Å². The lowest BCUT2D eigenvalue weighted by Gasteiger charge is -2.06. The third kappa shape index (κ3) is 4.04. The highest BCUT2D eigenvalue weighted by atomic mass is 16.5. The Morgan fingerprint density at radius 3 is 2.50 bits per heavy atom. The summed E-state index contributed by atoms with van der Waals surface area (Å²) in [5.74, 6) is 2.46. The predicted octanol–water partition coefficient (Wildman–Crippen LogP) is 2.50. The maximum absolute atomic E-state index is 11.6. The molecule has 20 heavy (non-hydrogen) atoms. The summed E-state index contributed by atoms with van der Waals surface area (Å²) in [5, 5.41) is 17.3. The molecule has 0 unspecified atom stereocenters. The van der Waals surface area contributed by atoms with Crippen LogP contribution in [-0.2, 0) is 4.79 Å². The first-order valence-electron chi connectivity index (χ1n) is 6.37. The number of carbonyl (C=O) groups excluding carboxylic acids is 1. The van der Waals surface area contributed by atoms with Crippen LogP contribution < -0.4 is 10.6 Å². The van der Waals surface area contributed by atoms with Crippen molar-refractivity contribution in [2.24, 2.45) is 5.92 Å². The van der Waals surface area contributed by atoms with Crippen LogP contribution in [0.1, 0.15) is 26.0 Å². The SMILES string of the molecule is Cc1cc(Nc2ccc(NC(=O)CC(C)C)nn2)no1. The zero-order chi connectivity index (χ0) is 14.5. The standard InChI is InChI=1S/C13H17N5O2/c1-8(2)6-13(19)15-11-5-4-10(16-17-11)14-12-7-9(3)20-18-12/h4-5,7-8H,6H2,1-3H3,(H,14,16,18)(H,15,17,19). The molecule has 0 saturated heterocycles. The summed E-state index contributed by atoms with van der Waals surface area (Å²) < 4.78 is 4.93. The Bertz CT molecular complexity index is 577. The van der Waals surface area contributed by atoms with Gasteiger partial charge >= 0.3 is 0 Å². The van der Waals surface area contributed by atoms with Gasteiger partial charge in [-0.2, -0.15) is 0 Å². The average Bonchev–Trinajstić information content (AvgIpc) is 2.76. The highest BCUT2D eigenvalue weighted by Gasteiger charge is 2.07. The molecular weight excluding hydrogens is 258 g/mol. The quantitative estimate of drug-likeness (QED) is 0.870. The lowest BCUT2D eigenvalue weighted by molar-refractivity contribution is -0.116. The fourth-order valence-electron chi connectivity index (χ4n) is 1.59. The van der Waals surface area contributed by atoms with Crippen LogP contribution in [0.4, 0.5) is 17.5 Å². The summed E-state index contributed by atoms with van der Waals surface area (Å²) in [7, 11) is 0. The minimum Gasteiger partial charge on any atom is -0.360 e. The van der Waals surface area contributed by atoms with Gasteiger partial charge in [0.25, 0.3) is 0 Å². The number of nitrogens with zero attached hydrogens (tertiary/aromatic N) is 3. The maximum Gasteiger partial charge on any atom is 0.225 e. The first kappa shape index (κ1) is 14.0. The van der Waals surface area contributed by atoms with Gasteiger partial charge in [0.05, 0.1) is 0 Å². The van der Waals surface area contributed by atoms with E-state index in [2.05, 4.69) is 26.0 Å². The van der Waals surface area contributed by atoms with Crippen LogP contribution in [0, 0.1) is 12.8 Å². The molecule has 0 aromatic carbocycles. The molecule has 0 atom stereocenters. The van der Waals surface area contributed by atoms with Crippen LogP contribution in [0.2, 0.25) is 0 Å². The van der Waals surface area contributed by atoms with Crippen molar-refractivity contribution in [1.29, 1.82) is 0 Å². The fraction of sp³-hybridized carbons (Fsp3) is 0.385. The molecule has 106 valence electrons. The van der Waals surface area contributed by atoms with E-state index < -0.39 is 0 Å². The van der Waals surface area contributed by atoms with Crippen molar-refractivity contribution in [1.82, 2.24) is 15.4 Å². The van der Waals surface area contributed by atoms with Gasteiger partial charge in [0.1, 0.15) is 5.76 Å². The number of aromatic nitrogens is 3. The number of hydrogen-bond acceptors (Lipinski definition) is 6. The Balaban J connectivity index is 1.94. The van der Waals surface area contributed by atoms with Gasteiger partial charge in [-0.05, 0) is 25.0 Å². The fourth-order valence-corrected chi connectivity index (χ4v) is 1.59. The second-order valence-corrected chi connectivity index (χ2v) is 4.90. The summed E-state index contributed by atoms with van der Waals surface area (Å²) >= 11 is 0. The first-order valence-corrected chi connectivity index (χ1v) is 6.37. The first-order chi connectivity index (χ1) is 9.52. The third-order valence-electron chi connectivity index (χ3n) is 2.41. The largest absolute Gasteiger partial charge is 0.360 e. The van der Waals surface area contributed by atoms with Crippen molar-refractivity contribution in [3.8, 4) is 0 Å². The van der Waals surface area contributed by atoms with Crippen molar-refractivity contribution in [2.45, 2.75) is 27.2 Å². The number of carbonyl (C=O) groups is 1. The summed E-state index contributed by atoms with van der Waals surface area (Å²) in [6, 6.07) is 5.14. The molecule has 2 aromatic heterocycles. The summed E-state index contributed by atoms with van der Waals surface area (Å²) in [6.45, 7) is 5.77. The van der Waals surface area contributed by atoms with E-state index in [9.17, 15) is 4.79 Å². The van der Waals surface area contributed by atoms with Crippen molar-refractivity contribution in [2.75, 3.05) is 10.6 Å². The molecule has 2 heterocycles. The van der Waals surface area contributed by atoms with Gasteiger partial charge in [-0.3, -0.25) is 4.79 Å². The van der Waals surface area contributed by atoms with Gasteiger partial charge in [0.2, 0.25) is 5.91 Å². The van der Waals surface area contributed by atoms with Gasteiger partial charge in [0, 0.05) is 12.5 Å². The molecule has 2 rings (SSSR count). The van der Waals surface area contributed by atoms with Crippen LogP contribution in [0.3, 0.4) is 0 Å². The van der Waals surface area contributed by atoms with E-state index in [-0.39, 0.29) is 5.91 Å². The Labute approximate surface area is 116 Å². The van der Waals surface area contributed by atoms with Crippen molar-refractivity contribution < 1.29 is 9.32 Å². The minimum absolute atomic E-state index is 0.0675. The van der Waals surface area contributed by atoms with E-state index in [0.29, 0.717) is 35.6 Å². The normalized spacial score (nSPS) is 10.6. The Hall–Kier alpha value is -2.44. The lowest BCUT2D eigenvalue weighted by Crippen LogP contribution is -2.15. The zero-order valence-corrected chi connectivity index (χ0v) is 11.7. The van der Waals surface area contributed by atoms with E-state index >= 15 is 0 Å². The molecule has 0 radical (unpaired) electrons. The van der Waals surface area contributed by atoms with E-state index in [1.165, 1.54) is 0 Å². The average molecular weight is 275 g/mol. The molecule has 7 heteroatoms. The molecular formula is C13H17N5O2.